The highest BCUT2D eigenvalue weighted by molar-refractivity contribution is 6.03. The summed E-state index contributed by atoms with van der Waals surface area (Å²) < 4.78 is 0. The Morgan fingerprint density at radius 3 is 1.55 bits per heavy atom. The van der Waals surface area contributed by atoms with Gasteiger partial charge in [-0.25, -0.2) is 11.7 Å². The maximum Gasteiger partial charge on any atom is 0.249 e. The smallest absolute Gasteiger partial charge is 0.249 e. The number of carbonyl (C=O) groups excluding carboxylic acids is 2. The number of nitrogens with one attached hydrogen (secondary N) is 2. The van der Waals surface area contributed by atoms with Gasteiger partial charge in [0.05, 0.1) is 0 Å². The highest BCUT2D eigenvalue weighted by Crippen LogP contribution is 2.13. The van der Waals surface area contributed by atoms with Crippen molar-refractivity contribution in [3.05, 3.63) is 0 Å². The first-order valence-electron chi connectivity index (χ1n) is 2.99. The molecule has 0 aliphatic heterocycles. The third-order valence-electron chi connectivity index (χ3n) is 1.40. The summed E-state index contributed by atoms with van der Waals surface area (Å²) in [5.74, 6) is 8.49. The van der Waals surface area contributed by atoms with Crippen molar-refractivity contribution in [1.29, 1.82) is 0 Å². The van der Waals surface area contributed by atoms with Crippen LogP contribution < -0.4 is 22.5 Å². The minimum absolute atomic E-state index is 0.583. The van der Waals surface area contributed by atoms with Crippen LogP contribution in [0.1, 0.15) is 13.8 Å². The molecule has 0 radical (unpaired) electrons. The maximum atomic E-state index is 10.9. The first kappa shape index (κ1) is 9.86. The molecule has 0 saturated carbocycles. The van der Waals surface area contributed by atoms with Crippen LogP contribution in [0.3, 0.4) is 0 Å². The molecule has 0 heterocycles. The molecule has 0 fully saturated rings. The van der Waals surface area contributed by atoms with Gasteiger partial charge in [0.25, 0.3) is 0 Å². The Morgan fingerprint density at radius 1 is 1.09 bits per heavy atom. The van der Waals surface area contributed by atoms with E-state index in [9.17, 15) is 9.59 Å². The van der Waals surface area contributed by atoms with Crippen LogP contribution in [0.4, 0.5) is 0 Å². The number of amides is 2. The van der Waals surface area contributed by atoms with Gasteiger partial charge in [0.1, 0.15) is 5.41 Å². The average Bonchev–Trinajstić information content (AvgIpc) is 2.01. The van der Waals surface area contributed by atoms with Crippen molar-refractivity contribution in [3.8, 4) is 0 Å². The molecule has 0 aromatic carbocycles. The number of hydrogen-bond acceptors (Lipinski definition) is 4. The maximum absolute atomic E-state index is 10.9. The molecule has 0 aromatic rings. The Morgan fingerprint density at radius 2 is 1.36 bits per heavy atom. The Hall–Kier alpha value is -1.14. The second kappa shape index (κ2) is 3.31. The van der Waals surface area contributed by atoms with Crippen LogP contribution in [0.5, 0.6) is 0 Å². The molecular weight excluding hydrogens is 148 g/mol. The van der Waals surface area contributed by atoms with Crippen molar-refractivity contribution in [2.75, 3.05) is 0 Å². The Kier molecular flexibility index (Phi) is 2.97. The van der Waals surface area contributed by atoms with E-state index in [1.165, 1.54) is 13.8 Å². The lowest BCUT2D eigenvalue weighted by molar-refractivity contribution is -0.141. The molecule has 0 unspecified atom stereocenters. The third-order valence-corrected chi connectivity index (χ3v) is 1.40. The van der Waals surface area contributed by atoms with E-state index in [1.54, 1.807) is 0 Å². The molecule has 64 valence electrons. The number of hydrazine groups is 2. The fraction of sp³-hybridized carbons (Fsp3) is 0.600. The zero-order valence-corrected chi connectivity index (χ0v) is 6.47. The van der Waals surface area contributed by atoms with Gasteiger partial charge in [-0.3, -0.25) is 20.4 Å². The van der Waals surface area contributed by atoms with E-state index >= 15 is 0 Å². The average molecular weight is 160 g/mol. The van der Waals surface area contributed by atoms with E-state index in [0.29, 0.717) is 0 Å². The van der Waals surface area contributed by atoms with E-state index in [1.807, 2.05) is 10.9 Å². The van der Waals surface area contributed by atoms with Crippen molar-refractivity contribution in [1.82, 2.24) is 10.9 Å². The monoisotopic (exact) mass is 160 g/mol. The molecule has 6 heteroatoms. The number of hydrogen-bond donors (Lipinski definition) is 4. The second-order valence-electron chi connectivity index (χ2n) is 2.57. The Bertz CT molecular complexity index is 159. The molecule has 0 aliphatic rings. The van der Waals surface area contributed by atoms with Gasteiger partial charge < -0.3 is 0 Å². The van der Waals surface area contributed by atoms with Crippen LogP contribution in [-0.2, 0) is 9.59 Å². The lowest BCUT2D eigenvalue weighted by Gasteiger charge is -2.19. The predicted molar refractivity (Wildman–Crippen MR) is 38.4 cm³/mol. The molecule has 0 atom stereocenters. The van der Waals surface area contributed by atoms with Crippen molar-refractivity contribution in [2.24, 2.45) is 17.1 Å². The van der Waals surface area contributed by atoms with Crippen molar-refractivity contribution < 1.29 is 9.59 Å². The molecule has 6 N–H and O–H groups in total. The molecule has 0 aromatic heterocycles. The quantitative estimate of drug-likeness (QED) is 0.162. The number of rotatable bonds is 2. The van der Waals surface area contributed by atoms with Crippen molar-refractivity contribution >= 4 is 11.8 Å². The molecule has 0 bridgehead atoms. The molecule has 0 spiro atoms. The number of nitrogens with two attached hydrogens (primary N) is 2. The Labute approximate surface area is 64.2 Å². The molecule has 2 amide bonds. The standard InChI is InChI=1S/C5H12N4O2/c1-5(2,3(10)8-6)4(11)9-7/h6-7H2,1-2H3,(H,8,10)(H,9,11). The van der Waals surface area contributed by atoms with Gasteiger partial charge in [-0.15, -0.1) is 0 Å². The molecular formula is C5H12N4O2. The van der Waals surface area contributed by atoms with Crippen LogP contribution in [-0.4, -0.2) is 11.8 Å². The zero-order valence-electron chi connectivity index (χ0n) is 6.47. The van der Waals surface area contributed by atoms with E-state index in [0.717, 1.165) is 0 Å². The van der Waals surface area contributed by atoms with Gasteiger partial charge in [0, 0.05) is 0 Å². The van der Waals surface area contributed by atoms with E-state index in [4.69, 9.17) is 11.7 Å². The minimum Gasteiger partial charge on any atom is -0.293 e. The first-order valence-corrected chi connectivity index (χ1v) is 2.99. The second-order valence-corrected chi connectivity index (χ2v) is 2.57. The van der Waals surface area contributed by atoms with Crippen LogP contribution >= 0.6 is 0 Å². The normalized spacial score (nSPS) is 10.5. The summed E-state index contributed by atoms with van der Waals surface area (Å²) in [4.78, 5) is 21.8. The van der Waals surface area contributed by atoms with Gasteiger partial charge in [-0.2, -0.15) is 0 Å². The van der Waals surface area contributed by atoms with E-state index in [-0.39, 0.29) is 0 Å². The molecule has 0 saturated heterocycles. The SMILES string of the molecule is CC(C)(C(=O)NN)C(=O)NN. The summed E-state index contributed by atoms with van der Waals surface area (Å²) >= 11 is 0. The lowest BCUT2D eigenvalue weighted by Crippen LogP contribution is -2.51. The van der Waals surface area contributed by atoms with E-state index < -0.39 is 17.2 Å². The van der Waals surface area contributed by atoms with Crippen molar-refractivity contribution in [2.45, 2.75) is 13.8 Å². The highest BCUT2D eigenvalue weighted by atomic mass is 16.2. The summed E-state index contributed by atoms with van der Waals surface area (Å²) in [7, 11) is 0. The fourth-order valence-corrected chi connectivity index (χ4v) is 0.464. The van der Waals surface area contributed by atoms with Crippen molar-refractivity contribution in [3.63, 3.8) is 0 Å². The van der Waals surface area contributed by atoms with Crippen LogP contribution in [0.15, 0.2) is 0 Å². The van der Waals surface area contributed by atoms with Gasteiger partial charge in [-0.05, 0) is 13.8 Å². The topological polar surface area (TPSA) is 110 Å². The zero-order chi connectivity index (χ0) is 9.07. The minimum atomic E-state index is -1.23. The van der Waals surface area contributed by atoms with Gasteiger partial charge in [0.2, 0.25) is 11.8 Å². The Balaban J connectivity index is 4.44. The van der Waals surface area contributed by atoms with Crippen LogP contribution in [0.25, 0.3) is 0 Å². The summed E-state index contributed by atoms with van der Waals surface area (Å²) in [5.41, 5.74) is 2.50. The summed E-state index contributed by atoms with van der Waals surface area (Å²) in [6.45, 7) is 2.83. The van der Waals surface area contributed by atoms with Gasteiger partial charge >= 0.3 is 0 Å². The fourth-order valence-electron chi connectivity index (χ4n) is 0.464. The molecule has 11 heavy (non-hydrogen) atoms. The van der Waals surface area contributed by atoms with Crippen LogP contribution in [0, 0.1) is 5.41 Å². The lowest BCUT2D eigenvalue weighted by atomic mass is 9.92. The van der Waals surface area contributed by atoms with Crippen LogP contribution in [0.2, 0.25) is 0 Å². The summed E-state index contributed by atoms with van der Waals surface area (Å²) in [5, 5.41) is 0. The molecule has 0 rings (SSSR count). The first-order chi connectivity index (χ1) is 4.96. The summed E-state index contributed by atoms with van der Waals surface area (Å²) in [6, 6.07) is 0. The van der Waals surface area contributed by atoms with E-state index in [2.05, 4.69) is 0 Å². The third kappa shape index (κ3) is 1.89. The number of carbonyl (C=O) groups is 2. The van der Waals surface area contributed by atoms with Gasteiger partial charge in [0.15, 0.2) is 0 Å². The summed E-state index contributed by atoms with van der Waals surface area (Å²) in [6.07, 6.45) is 0. The predicted octanol–water partition coefficient (Wildman–Crippen LogP) is -2.01. The molecule has 6 nitrogen and oxygen atoms in total. The van der Waals surface area contributed by atoms with Gasteiger partial charge in [-0.1, -0.05) is 0 Å². The largest absolute Gasteiger partial charge is 0.293 e. The molecule has 0 aliphatic carbocycles. The highest BCUT2D eigenvalue weighted by Gasteiger charge is 2.34.